The highest BCUT2D eigenvalue weighted by molar-refractivity contribution is 5.94. The van der Waals surface area contributed by atoms with E-state index >= 15 is 0 Å². The van der Waals surface area contributed by atoms with Crippen LogP contribution in [0.2, 0.25) is 0 Å². The maximum Gasteiger partial charge on any atom is 0.251 e. The zero-order valence-electron chi connectivity index (χ0n) is 9.74. The van der Waals surface area contributed by atoms with Gasteiger partial charge in [-0.2, -0.15) is 0 Å². The summed E-state index contributed by atoms with van der Waals surface area (Å²) in [4.78, 5) is 11.7. The van der Waals surface area contributed by atoms with Crippen molar-refractivity contribution in [1.82, 2.24) is 10.5 Å². The first-order valence-corrected chi connectivity index (χ1v) is 5.31. The van der Waals surface area contributed by atoms with Gasteiger partial charge in [0.2, 0.25) is 0 Å². The van der Waals surface area contributed by atoms with Crippen LogP contribution in [-0.2, 0) is 6.54 Å². The second kappa shape index (κ2) is 4.87. The van der Waals surface area contributed by atoms with Crippen molar-refractivity contribution < 1.29 is 13.7 Å². The van der Waals surface area contributed by atoms with Crippen LogP contribution >= 0.6 is 0 Å². The molecule has 0 fully saturated rings. The first kappa shape index (κ1) is 12.1. The number of nitrogen functional groups attached to an aromatic ring is 1. The molecule has 0 bridgehead atoms. The lowest BCUT2D eigenvalue weighted by atomic mass is 10.2. The zero-order valence-corrected chi connectivity index (χ0v) is 9.74. The fourth-order valence-electron chi connectivity index (χ4n) is 1.51. The molecule has 0 saturated carbocycles. The second-order valence-electron chi connectivity index (χ2n) is 3.89. The quantitative estimate of drug-likeness (QED) is 0.810. The largest absolute Gasteiger partial charge is 0.399 e. The molecule has 0 aliphatic carbocycles. The Hall–Kier alpha value is -2.37. The Labute approximate surface area is 103 Å². The van der Waals surface area contributed by atoms with Gasteiger partial charge in [-0.05, 0) is 25.1 Å². The summed E-state index contributed by atoms with van der Waals surface area (Å²) in [6, 6.07) is 5.39. The highest BCUT2D eigenvalue weighted by Gasteiger charge is 2.09. The molecule has 0 aliphatic heterocycles. The molecule has 0 atom stereocenters. The lowest BCUT2D eigenvalue weighted by Gasteiger charge is -2.04. The summed E-state index contributed by atoms with van der Waals surface area (Å²) < 4.78 is 18.0. The molecule has 1 aromatic carbocycles. The van der Waals surface area contributed by atoms with E-state index in [9.17, 15) is 9.18 Å². The number of aryl methyl sites for hydroxylation is 1. The van der Waals surface area contributed by atoms with Crippen molar-refractivity contribution >= 4 is 11.6 Å². The van der Waals surface area contributed by atoms with Gasteiger partial charge in [0.1, 0.15) is 5.82 Å². The molecule has 2 aromatic rings. The normalized spacial score (nSPS) is 10.3. The van der Waals surface area contributed by atoms with Gasteiger partial charge in [-0.1, -0.05) is 5.16 Å². The fraction of sp³-hybridized carbons (Fsp3) is 0.167. The minimum Gasteiger partial charge on any atom is -0.399 e. The van der Waals surface area contributed by atoms with Crippen molar-refractivity contribution in [2.75, 3.05) is 5.73 Å². The number of nitrogens with one attached hydrogen (secondary N) is 1. The molecule has 0 saturated heterocycles. The molecular weight excluding hydrogens is 237 g/mol. The third-order valence-electron chi connectivity index (χ3n) is 2.28. The van der Waals surface area contributed by atoms with Crippen molar-refractivity contribution in [1.29, 1.82) is 0 Å². The number of benzene rings is 1. The van der Waals surface area contributed by atoms with Gasteiger partial charge in [-0.25, -0.2) is 4.39 Å². The predicted octanol–water partition coefficient (Wildman–Crippen LogP) is 1.63. The van der Waals surface area contributed by atoms with E-state index in [0.717, 1.165) is 17.8 Å². The van der Waals surface area contributed by atoms with E-state index in [2.05, 4.69) is 10.5 Å². The van der Waals surface area contributed by atoms with Gasteiger partial charge in [0.25, 0.3) is 5.91 Å². The van der Waals surface area contributed by atoms with Crippen LogP contribution in [0.5, 0.6) is 0 Å². The summed E-state index contributed by atoms with van der Waals surface area (Å²) in [7, 11) is 0. The van der Waals surface area contributed by atoms with E-state index in [0.29, 0.717) is 5.76 Å². The summed E-state index contributed by atoms with van der Waals surface area (Å²) in [5.41, 5.74) is 6.56. The molecule has 0 unspecified atom stereocenters. The summed E-state index contributed by atoms with van der Waals surface area (Å²) in [5, 5.41) is 6.28. The van der Waals surface area contributed by atoms with Crippen LogP contribution in [-0.4, -0.2) is 11.1 Å². The second-order valence-corrected chi connectivity index (χ2v) is 3.89. The Morgan fingerprint density at radius 3 is 2.83 bits per heavy atom. The van der Waals surface area contributed by atoms with Crippen LogP contribution in [0, 0.1) is 12.7 Å². The van der Waals surface area contributed by atoms with Gasteiger partial charge >= 0.3 is 0 Å². The number of rotatable bonds is 3. The SMILES string of the molecule is Cc1cc(CNC(=O)c2cc(N)cc(F)c2)on1. The minimum absolute atomic E-state index is 0.170. The Morgan fingerprint density at radius 2 is 2.22 bits per heavy atom. The minimum atomic E-state index is -0.546. The monoisotopic (exact) mass is 249 g/mol. The number of amides is 1. The summed E-state index contributed by atoms with van der Waals surface area (Å²) >= 11 is 0. The summed E-state index contributed by atoms with van der Waals surface area (Å²) in [5.74, 6) is -0.434. The molecule has 5 nitrogen and oxygen atoms in total. The Kier molecular flexibility index (Phi) is 3.27. The molecule has 1 aromatic heterocycles. The number of carbonyl (C=O) groups excluding carboxylic acids is 1. The van der Waals surface area contributed by atoms with Crippen LogP contribution in [0.15, 0.2) is 28.8 Å². The molecule has 94 valence electrons. The summed E-state index contributed by atoms with van der Waals surface area (Å²) in [6.07, 6.45) is 0. The van der Waals surface area contributed by atoms with Gasteiger partial charge in [0.05, 0.1) is 12.2 Å². The van der Waals surface area contributed by atoms with Gasteiger partial charge < -0.3 is 15.6 Å². The predicted molar refractivity (Wildman–Crippen MR) is 63.2 cm³/mol. The zero-order chi connectivity index (χ0) is 13.1. The smallest absolute Gasteiger partial charge is 0.251 e. The molecule has 1 amide bonds. The van der Waals surface area contributed by atoms with Gasteiger partial charge in [-0.15, -0.1) is 0 Å². The Morgan fingerprint density at radius 1 is 1.44 bits per heavy atom. The molecular formula is C12H12FN3O2. The molecule has 0 spiro atoms. The number of halogens is 1. The van der Waals surface area contributed by atoms with Crippen molar-refractivity contribution in [2.45, 2.75) is 13.5 Å². The Bertz CT molecular complexity index is 560. The van der Waals surface area contributed by atoms with Gasteiger partial charge in [0, 0.05) is 17.3 Å². The molecule has 2 rings (SSSR count). The number of nitrogens with zero attached hydrogens (tertiary/aromatic N) is 1. The average Bonchev–Trinajstić information content (AvgIpc) is 2.70. The molecule has 18 heavy (non-hydrogen) atoms. The summed E-state index contributed by atoms with van der Waals surface area (Å²) in [6.45, 7) is 1.97. The van der Waals surface area contributed by atoms with E-state index in [-0.39, 0.29) is 17.8 Å². The van der Waals surface area contributed by atoms with Gasteiger partial charge in [-0.3, -0.25) is 4.79 Å². The highest BCUT2D eigenvalue weighted by Crippen LogP contribution is 2.11. The number of nitrogens with two attached hydrogens (primary N) is 1. The number of anilines is 1. The van der Waals surface area contributed by atoms with Gasteiger partial charge in [0.15, 0.2) is 5.76 Å². The lowest BCUT2D eigenvalue weighted by molar-refractivity contribution is 0.0946. The first-order chi connectivity index (χ1) is 8.54. The van der Waals surface area contributed by atoms with Crippen molar-refractivity contribution in [3.63, 3.8) is 0 Å². The van der Waals surface area contributed by atoms with E-state index in [1.165, 1.54) is 6.07 Å². The molecule has 0 aliphatic rings. The Balaban J connectivity index is 2.03. The third-order valence-corrected chi connectivity index (χ3v) is 2.28. The standard InChI is InChI=1S/C12H12FN3O2/c1-7-2-11(18-16-7)6-15-12(17)8-3-9(13)5-10(14)4-8/h2-5H,6,14H2,1H3,(H,15,17). The van der Waals surface area contributed by atoms with E-state index in [1.807, 2.05) is 0 Å². The molecule has 1 heterocycles. The van der Waals surface area contributed by atoms with E-state index in [4.69, 9.17) is 10.3 Å². The number of hydrogen-bond acceptors (Lipinski definition) is 4. The highest BCUT2D eigenvalue weighted by atomic mass is 19.1. The fourth-order valence-corrected chi connectivity index (χ4v) is 1.51. The maximum absolute atomic E-state index is 13.1. The number of hydrogen-bond donors (Lipinski definition) is 2. The maximum atomic E-state index is 13.1. The van der Waals surface area contributed by atoms with Crippen LogP contribution in [0.1, 0.15) is 21.8 Å². The molecule has 6 heteroatoms. The van der Waals surface area contributed by atoms with Crippen molar-refractivity contribution in [2.24, 2.45) is 0 Å². The third kappa shape index (κ3) is 2.85. The van der Waals surface area contributed by atoms with E-state index in [1.54, 1.807) is 13.0 Å². The molecule has 3 N–H and O–H groups in total. The van der Waals surface area contributed by atoms with Crippen molar-refractivity contribution in [3.05, 3.63) is 47.1 Å². The average molecular weight is 249 g/mol. The first-order valence-electron chi connectivity index (χ1n) is 5.31. The number of carbonyl (C=O) groups is 1. The molecule has 0 radical (unpaired) electrons. The van der Waals surface area contributed by atoms with Crippen LogP contribution < -0.4 is 11.1 Å². The van der Waals surface area contributed by atoms with Crippen LogP contribution in [0.25, 0.3) is 0 Å². The lowest BCUT2D eigenvalue weighted by Crippen LogP contribution is -2.22. The van der Waals surface area contributed by atoms with Crippen molar-refractivity contribution in [3.8, 4) is 0 Å². The van der Waals surface area contributed by atoms with Crippen LogP contribution in [0.3, 0.4) is 0 Å². The number of aromatic nitrogens is 1. The van der Waals surface area contributed by atoms with E-state index < -0.39 is 11.7 Å². The topological polar surface area (TPSA) is 81.2 Å². The van der Waals surface area contributed by atoms with Crippen LogP contribution in [0.4, 0.5) is 10.1 Å².